The first-order chi connectivity index (χ1) is 14.7. The molecule has 10 heteroatoms. The Labute approximate surface area is 190 Å². The number of likely N-dealkylation sites (tertiary alicyclic amines) is 1. The summed E-state index contributed by atoms with van der Waals surface area (Å²) in [7, 11) is 0.998. The van der Waals surface area contributed by atoms with Crippen LogP contribution in [0.5, 0.6) is 11.5 Å². The van der Waals surface area contributed by atoms with Crippen LogP contribution >= 0.6 is 15.9 Å². The molecule has 2 atom stereocenters. The Morgan fingerprint density at radius 1 is 1.06 bits per heavy atom. The van der Waals surface area contributed by atoms with Crippen LogP contribution in [0.1, 0.15) is 0 Å². The molecule has 0 aromatic heterocycles. The van der Waals surface area contributed by atoms with Gasteiger partial charge in [-0.1, -0.05) is 15.9 Å². The van der Waals surface area contributed by atoms with Crippen molar-refractivity contribution in [3.8, 4) is 11.5 Å². The number of fused-ring (bicyclic) bond motifs is 1. The van der Waals surface area contributed by atoms with Gasteiger partial charge in [0.05, 0.1) is 30.5 Å². The molecule has 2 aromatic rings. The molecule has 0 aliphatic carbocycles. The quantitative estimate of drug-likeness (QED) is 0.638. The Morgan fingerprint density at radius 3 is 2.35 bits per heavy atom. The van der Waals surface area contributed by atoms with Gasteiger partial charge in [0, 0.05) is 30.7 Å². The fourth-order valence-corrected chi connectivity index (χ4v) is 6.06. The second-order valence-electron chi connectivity index (χ2n) is 8.05. The first-order valence-electron chi connectivity index (χ1n) is 9.89. The van der Waals surface area contributed by atoms with Crippen LogP contribution < -0.4 is 19.1 Å². The number of sulfonamides is 1. The molecule has 0 spiro atoms. The molecule has 1 N–H and O–H groups in total. The normalized spacial score (nSPS) is 21.3. The number of ether oxygens (including phenoxy) is 2. The Kier molecular flexibility index (Phi) is 6.06. The van der Waals surface area contributed by atoms with Crippen LogP contribution in [0.3, 0.4) is 0 Å². The highest BCUT2D eigenvalue weighted by molar-refractivity contribution is 9.10. The summed E-state index contributed by atoms with van der Waals surface area (Å²) >= 11 is 3.19. The first kappa shape index (κ1) is 22.2. The van der Waals surface area contributed by atoms with Crippen LogP contribution in [0.4, 0.5) is 15.8 Å². The van der Waals surface area contributed by atoms with Crippen molar-refractivity contribution in [2.75, 3.05) is 57.1 Å². The zero-order chi connectivity index (χ0) is 22.3. The zero-order valence-electron chi connectivity index (χ0n) is 17.6. The summed E-state index contributed by atoms with van der Waals surface area (Å²) in [6.45, 7) is 3.79. The summed E-state index contributed by atoms with van der Waals surface area (Å²) in [5.74, 6) is 0.901. The molecule has 2 aliphatic rings. The number of hydrogen-bond donors (Lipinski definition) is 1. The fourth-order valence-electron chi connectivity index (χ4n) is 4.56. The highest BCUT2D eigenvalue weighted by atomic mass is 79.9. The number of benzene rings is 2. The van der Waals surface area contributed by atoms with Crippen LogP contribution in [-0.4, -0.2) is 60.8 Å². The van der Waals surface area contributed by atoms with E-state index in [-0.39, 0.29) is 16.3 Å². The van der Waals surface area contributed by atoms with E-state index in [1.807, 2.05) is 0 Å². The minimum absolute atomic E-state index is 0.0190. The second-order valence-corrected chi connectivity index (χ2v) is 10.7. The maximum absolute atomic E-state index is 14.2. The molecule has 2 aromatic carbocycles. The topological polar surface area (TPSA) is 71.1 Å². The van der Waals surface area contributed by atoms with Gasteiger partial charge in [-0.15, -0.1) is 0 Å². The van der Waals surface area contributed by atoms with Crippen LogP contribution in [0.25, 0.3) is 0 Å². The van der Waals surface area contributed by atoms with Gasteiger partial charge in [-0.25, -0.2) is 12.8 Å². The van der Waals surface area contributed by atoms with Crippen LogP contribution in [-0.2, 0) is 10.0 Å². The van der Waals surface area contributed by atoms with E-state index in [9.17, 15) is 12.8 Å². The molecule has 31 heavy (non-hydrogen) atoms. The lowest BCUT2D eigenvalue weighted by molar-refractivity contribution is 0.385. The largest absolute Gasteiger partial charge is 0.495 e. The molecular formula is C21H25BrFN3O4S. The van der Waals surface area contributed by atoms with Gasteiger partial charge >= 0.3 is 0 Å². The molecule has 0 bridgehead atoms. The molecule has 0 radical (unpaired) electrons. The lowest BCUT2D eigenvalue weighted by Crippen LogP contribution is -2.27. The molecule has 2 saturated heterocycles. The molecule has 7 nitrogen and oxygen atoms in total. The predicted molar refractivity (Wildman–Crippen MR) is 121 cm³/mol. The molecule has 168 valence electrons. The van der Waals surface area contributed by atoms with E-state index in [0.717, 1.165) is 31.9 Å². The number of rotatable bonds is 6. The molecule has 2 aliphatic heterocycles. The van der Waals surface area contributed by atoms with Gasteiger partial charge < -0.3 is 19.3 Å². The van der Waals surface area contributed by atoms with Gasteiger partial charge in [0.2, 0.25) is 0 Å². The van der Waals surface area contributed by atoms with E-state index in [0.29, 0.717) is 22.1 Å². The van der Waals surface area contributed by atoms with Crippen molar-refractivity contribution in [1.82, 2.24) is 4.90 Å². The Morgan fingerprint density at radius 2 is 1.74 bits per heavy atom. The number of nitrogens with zero attached hydrogens (tertiary/aromatic N) is 2. The van der Waals surface area contributed by atoms with Crippen molar-refractivity contribution in [2.45, 2.75) is 4.90 Å². The molecule has 4 rings (SSSR count). The van der Waals surface area contributed by atoms with E-state index in [4.69, 9.17) is 9.47 Å². The van der Waals surface area contributed by atoms with Gasteiger partial charge in [-0.3, -0.25) is 4.72 Å². The fraction of sp³-hybridized carbons (Fsp3) is 0.429. The summed E-state index contributed by atoms with van der Waals surface area (Å²) in [6, 6.07) is 7.43. The van der Waals surface area contributed by atoms with Crippen molar-refractivity contribution < 1.29 is 22.3 Å². The lowest BCUT2D eigenvalue weighted by atomic mass is 10.0. The molecule has 2 heterocycles. The van der Waals surface area contributed by atoms with Crippen molar-refractivity contribution in [3.63, 3.8) is 0 Å². The summed E-state index contributed by atoms with van der Waals surface area (Å²) in [4.78, 5) is 4.60. The van der Waals surface area contributed by atoms with E-state index in [1.165, 1.54) is 25.3 Å². The van der Waals surface area contributed by atoms with Gasteiger partial charge in [0.1, 0.15) is 5.75 Å². The monoisotopic (exact) mass is 513 g/mol. The number of halogens is 2. The van der Waals surface area contributed by atoms with E-state index >= 15 is 0 Å². The highest BCUT2D eigenvalue weighted by Gasteiger charge is 2.39. The van der Waals surface area contributed by atoms with Crippen molar-refractivity contribution >= 4 is 37.3 Å². The number of methoxy groups -OCH3 is 2. The van der Waals surface area contributed by atoms with Gasteiger partial charge in [0.25, 0.3) is 10.0 Å². The van der Waals surface area contributed by atoms with Gasteiger partial charge in [-0.2, -0.15) is 0 Å². The lowest BCUT2D eigenvalue weighted by Gasteiger charge is -2.24. The highest BCUT2D eigenvalue weighted by Crippen LogP contribution is 2.39. The third-order valence-corrected chi connectivity index (χ3v) is 7.75. The summed E-state index contributed by atoms with van der Waals surface area (Å²) in [5.41, 5.74) is 0.764. The van der Waals surface area contributed by atoms with E-state index in [1.54, 1.807) is 19.2 Å². The minimum Gasteiger partial charge on any atom is -0.495 e. The summed E-state index contributed by atoms with van der Waals surface area (Å²) < 4.78 is 53.8. The maximum Gasteiger partial charge on any atom is 0.262 e. The molecular weight excluding hydrogens is 489 g/mol. The SMILES string of the molecule is COc1ccc(S(=O)(=O)Nc2cc(Br)cc(F)c2OC)cc1N1CC2CN(C)CC2C1. The number of anilines is 2. The minimum atomic E-state index is -3.99. The Balaban J connectivity index is 1.65. The van der Waals surface area contributed by atoms with E-state index < -0.39 is 15.8 Å². The van der Waals surface area contributed by atoms with Crippen molar-refractivity contribution in [3.05, 3.63) is 40.6 Å². The average Bonchev–Trinajstić information content (AvgIpc) is 3.24. The first-order valence-corrected chi connectivity index (χ1v) is 12.2. The number of hydrogen-bond acceptors (Lipinski definition) is 6. The van der Waals surface area contributed by atoms with Crippen molar-refractivity contribution in [2.24, 2.45) is 11.8 Å². The predicted octanol–water partition coefficient (Wildman–Crippen LogP) is 3.40. The second kappa shape index (κ2) is 8.48. The summed E-state index contributed by atoms with van der Waals surface area (Å²) in [5, 5.41) is 0. The molecule has 2 fully saturated rings. The van der Waals surface area contributed by atoms with Crippen LogP contribution in [0.15, 0.2) is 39.7 Å². The third-order valence-electron chi connectivity index (χ3n) is 5.93. The third kappa shape index (κ3) is 4.33. The van der Waals surface area contributed by atoms with Crippen LogP contribution in [0.2, 0.25) is 0 Å². The van der Waals surface area contributed by atoms with Gasteiger partial charge in [-0.05, 0) is 49.2 Å². The Hall–Kier alpha value is -2.04. The molecule has 2 unspecified atom stereocenters. The molecule has 0 saturated carbocycles. The standard InChI is InChI=1S/C21H25BrFN3O4S/c1-25-9-13-11-26(12-14(13)10-25)19-8-16(4-5-20(19)29-2)31(27,28)24-18-7-15(22)6-17(23)21(18)30-3/h4-8,13-14,24H,9-12H2,1-3H3. The smallest absolute Gasteiger partial charge is 0.262 e. The van der Waals surface area contributed by atoms with E-state index in [2.05, 4.69) is 37.5 Å². The average molecular weight is 514 g/mol. The van der Waals surface area contributed by atoms with Crippen molar-refractivity contribution in [1.29, 1.82) is 0 Å². The Bertz CT molecular complexity index is 1080. The van der Waals surface area contributed by atoms with Gasteiger partial charge in [0.15, 0.2) is 11.6 Å². The summed E-state index contributed by atoms with van der Waals surface area (Å²) in [6.07, 6.45) is 0. The van der Waals surface area contributed by atoms with Crippen LogP contribution in [0, 0.1) is 17.7 Å². The zero-order valence-corrected chi connectivity index (χ0v) is 20.0. The molecule has 0 amide bonds. The number of nitrogens with one attached hydrogen (secondary N) is 1. The maximum atomic E-state index is 14.2.